The van der Waals surface area contributed by atoms with Crippen LogP contribution in [0.15, 0.2) is 30.5 Å². The van der Waals surface area contributed by atoms with E-state index in [1.165, 1.54) is 0 Å². The number of allylic oxidation sites excluding steroid dienone is 3. The van der Waals surface area contributed by atoms with Crippen molar-refractivity contribution in [3.8, 4) is 0 Å². The third kappa shape index (κ3) is 7.26. The van der Waals surface area contributed by atoms with Crippen LogP contribution in [0.3, 0.4) is 0 Å². The molecule has 0 fully saturated rings. The fraction of sp³-hybridized carbons (Fsp3) is 0.444. The van der Waals surface area contributed by atoms with Gasteiger partial charge in [-0.25, -0.2) is 0 Å². The van der Waals surface area contributed by atoms with Gasteiger partial charge in [0.25, 0.3) is 0 Å². The van der Waals surface area contributed by atoms with E-state index >= 15 is 0 Å². The molecule has 0 aromatic heterocycles. The lowest BCUT2D eigenvalue weighted by molar-refractivity contribution is 0.664. The molecule has 0 nitrogen and oxygen atoms in total. The minimum atomic E-state index is 0.750. The molecule has 9 heavy (non-hydrogen) atoms. The molecule has 0 N–H and O–H groups in total. The van der Waals surface area contributed by atoms with E-state index in [1.54, 1.807) is 0 Å². The summed E-state index contributed by atoms with van der Waals surface area (Å²) >= 11 is 0. The van der Waals surface area contributed by atoms with E-state index in [1.807, 2.05) is 12.2 Å². The molecule has 0 aliphatic carbocycles. The summed E-state index contributed by atoms with van der Waals surface area (Å²) in [6, 6.07) is 0. The highest BCUT2D eigenvalue weighted by Crippen LogP contribution is 1.98. The average molecular weight is 122 g/mol. The molecule has 0 heteroatoms. The quantitative estimate of drug-likeness (QED) is 0.399. The summed E-state index contributed by atoms with van der Waals surface area (Å²) in [6.07, 6.45) is 7.07. The monoisotopic (exact) mass is 122 g/mol. The fourth-order valence-electron chi connectivity index (χ4n) is 0.487. The first-order chi connectivity index (χ1) is 4.27. The van der Waals surface area contributed by atoms with Crippen molar-refractivity contribution in [1.82, 2.24) is 0 Å². The van der Waals surface area contributed by atoms with E-state index < -0.39 is 0 Å². The van der Waals surface area contributed by atoms with Gasteiger partial charge in [-0.15, -0.1) is 5.73 Å². The first-order valence-electron chi connectivity index (χ1n) is 3.28. The zero-order valence-electron chi connectivity index (χ0n) is 6.22. The zero-order valence-corrected chi connectivity index (χ0v) is 6.22. The van der Waals surface area contributed by atoms with Crippen LogP contribution < -0.4 is 0 Å². The van der Waals surface area contributed by atoms with Crippen molar-refractivity contribution in [3.05, 3.63) is 30.5 Å². The Morgan fingerprint density at radius 1 is 1.56 bits per heavy atom. The van der Waals surface area contributed by atoms with Crippen LogP contribution in [-0.4, -0.2) is 0 Å². The molecule has 0 unspecified atom stereocenters. The standard InChI is InChI=1S/C9H14/c1-4-5-6-7-8-9(2)3/h5-7,9H,1,8H2,2-3H3. The molecule has 0 saturated carbocycles. The molecular formula is C9H14. The van der Waals surface area contributed by atoms with Crippen molar-refractivity contribution in [2.45, 2.75) is 20.3 Å². The second kappa shape index (κ2) is 5.40. The van der Waals surface area contributed by atoms with Crippen molar-refractivity contribution < 1.29 is 0 Å². The molecule has 0 atom stereocenters. The average Bonchev–Trinajstić information content (AvgIpc) is 1.80. The van der Waals surface area contributed by atoms with Gasteiger partial charge in [0.2, 0.25) is 0 Å². The van der Waals surface area contributed by atoms with Gasteiger partial charge in [0.05, 0.1) is 0 Å². The summed E-state index contributed by atoms with van der Waals surface area (Å²) in [7, 11) is 0. The smallest absolute Gasteiger partial charge is 0.0209 e. The Labute approximate surface area is 57.6 Å². The minimum absolute atomic E-state index is 0.750. The van der Waals surface area contributed by atoms with Crippen molar-refractivity contribution in [2.24, 2.45) is 5.92 Å². The second-order valence-corrected chi connectivity index (χ2v) is 2.43. The Morgan fingerprint density at radius 2 is 2.22 bits per heavy atom. The molecule has 0 aliphatic rings. The fourth-order valence-corrected chi connectivity index (χ4v) is 0.487. The van der Waals surface area contributed by atoms with E-state index in [2.05, 4.69) is 32.2 Å². The van der Waals surface area contributed by atoms with E-state index in [4.69, 9.17) is 0 Å². The van der Waals surface area contributed by atoms with Gasteiger partial charge in [0.1, 0.15) is 0 Å². The number of hydrogen-bond donors (Lipinski definition) is 0. The zero-order chi connectivity index (χ0) is 7.11. The topological polar surface area (TPSA) is 0 Å². The van der Waals surface area contributed by atoms with Crippen LogP contribution in [0, 0.1) is 5.92 Å². The van der Waals surface area contributed by atoms with Gasteiger partial charge in [0.15, 0.2) is 0 Å². The Kier molecular flexibility index (Phi) is 4.95. The molecule has 0 aromatic rings. The predicted molar refractivity (Wildman–Crippen MR) is 42.3 cm³/mol. The van der Waals surface area contributed by atoms with E-state index in [0.717, 1.165) is 12.3 Å². The van der Waals surface area contributed by atoms with Crippen LogP contribution in [0.1, 0.15) is 20.3 Å². The van der Waals surface area contributed by atoms with Gasteiger partial charge in [-0.1, -0.05) is 32.6 Å². The summed E-state index contributed by atoms with van der Waals surface area (Å²) in [4.78, 5) is 0. The molecule has 0 heterocycles. The summed E-state index contributed by atoms with van der Waals surface area (Å²) < 4.78 is 0. The Morgan fingerprint density at radius 3 is 2.67 bits per heavy atom. The Bertz CT molecular complexity index is 123. The molecule has 0 radical (unpaired) electrons. The number of rotatable bonds is 3. The van der Waals surface area contributed by atoms with E-state index in [0.29, 0.717) is 0 Å². The SMILES string of the molecule is C=C=CC=CCC(C)C. The van der Waals surface area contributed by atoms with Gasteiger partial charge in [-0.3, -0.25) is 0 Å². The van der Waals surface area contributed by atoms with Gasteiger partial charge in [-0.05, 0) is 18.4 Å². The van der Waals surface area contributed by atoms with Gasteiger partial charge >= 0.3 is 0 Å². The van der Waals surface area contributed by atoms with Gasteiger partial charge in [0, 0.05) is 0 Å². The molecule has 50 valence electrons. The van der Waals surface area contributed by atoms with Crippen LogP contribution in [-0.2, 0) is 0 Å². The van der Waals surface area contributed by atoms with Crippen LogP contribution in [0.25, 0.3) is 0 Å². The van der Waals surface area contributed by atoms with Crippen LogP contribution >= 0.6 is 0 Å². The highest BCUT2D eigenvalue weighted by molar-refractivity contribution is 5.00. The predicted octanol–water partition coefficient (Wildman–Crippen LogP) is 2.93. The molecular weight excluding hydrogens is 108 g/mol. The van der Waals surface area contributed by atoms with E-state index in [9.17, 15) is 0 Å². The van der Waals surface area contributed by atoms with Crippen molar-refractivity contribution in [2.75, 3.05) is 0 Å². The highest BCUT2D eigenvalue weighted by Gasteiger charge is 1.84. The van der Waals surface area contributed by atoms with Crippen LogP contribution in [0.2, 0.25) is 0 Å². The molecule has 0 rings (SSSR count). The Hall–Kier alpha value is -0.740. The first-order valence-corrected chi connectivity index (χ1v) is 3.28. The maximum absolute atomic E-state index is 3.45. The summed E-state index contributed by atoms with van der Waals surface area (Å²) in [5.74, 6) is 0.750. The maximum atomic E-state index is 3.45. The molecule has 0 spiro atoms. The lowest BCUT2D eigenvalue weighted by Crippen LogP contribution is -1.79. The Balaban J connectivity index is 3.36. The highest BCUT2D eigenvalue weighted by atomic mass is 13.9. The molecule has 0 saturated heterocycles. The second-order valence-electron chi connectivity index (χ2n) is 2.43. The molecule has 0 aliphatic heterocycles. The maximum Gasteiger partial charge on any atom is -0.0209 e. The van der Waals surface area contributed by atoms with Crippen LogP contribution in [0.4, 0.5) is 0 Å². The van der Waals surface area contributed by atoms with Gasteiger partial charge < -0.3 is 0 Å². The first kappa shape index (κ1) is 8.26. The van der Waals surface area contributed by atoms with Crippen molar-refractivity contribution in [3.63, 3.8) is 0 Å². The van der Waals surface area contributed by atoms with Crippen molar-refractivity contribution >= 4 is 0 Å². The summed E-state index contributed by atoms with van der Waals surface area (Å²) in [5, 5.41) is 0. The summed E-state index contributed by atoms with van der Waals surface area (Å²) in [5.41, 5.74) is 2.68. The lowest BCUT2D eigenvalue weighted by Gasteiger charge is -1.93. The third-order valence-corrected chi connectivity index (χ3v) is 0.958. The molecule has 0 amide bonds. The summed E-state index contributed by atoms with van der Waals surface area (Å²) in [6.45, 7) is 7.84. The normalized spacial score (nSPS) is 10.1. The number of hydrogen-bond acceptors (Lipinski definition) is 0. The minimum Gasteiger partial charge on any atom is -0.129 e. The lowest BCUT2D eigenvalue weighted by atomic mass is 10.1. The third-order valence-electron chi connectivity index (χ3n) is 0.958. The van der Waals surface area contributed by atoms with Crippen molar-refractivity contribution in [1.29, 1.82) is 0 Å². The van der Waals surface area contributed by atoms with Gasteiger partial charge in [-0.2, -0.15) is 0 Å². The largest absolute Gasteiger partial charge is 0.129 e. The van der Waals surface area contributed by atoms with E-state index in [-0.39, 0.29) is 0 Å². The molecule has 0 bridgehead atoms. The molecule has 0 aromatic carbocycles. The van der Waals surface area contributed by atoms with Crippen LogP contribution in [0.5, 0.6) is 0 Å².